The highest BCUT2D eigenvalue weighted by molar-refractivity contribution is 9.10. The Morgan fingerprint density at radius 1 is 1.24 bits per heavy atom. The number of H-pyrrole nitrogens is 1. The molecule has 0 aliphatic heterocycles. The molecule has 0 saturated carbocycles. The van der Waals surface area contributed by atoms with Crippen molar-refractivity contribution in [2.75, 3.05) is 0 Å². The van der Waals surface area contributed by atoms with E-state index in [2.05, 4.69) is 49.9 Å². The Morgan fingerprint density at radius 2 is 2.12 bits per heavy atom. The normalized spacial score (nSPS) is 10.9. The Balaban J connectivity index is 2.22. The van der Waals surface area contributed by atoms with Crippen LogP contribution in [-0.4, -0.2) is 15.0 Å². The third-order valence-electron chi connectivity index (χ3n) is 2.75. The number of halogens is 1. The number of hydrogen-bond acceptors (Lipinski definition) is 2. The fourth-order valence-corrected chi connectivity index (χ4v) is 2.26. The zero-order valence-electron chi connectivity index (χ0n) is 9.24. The van der Waals surface area contributed by atoms with Crippen molar-refractivity contribution in [2.45, 2.75) is 6.92 Å². The first-order chi connectivity index (χ1) is 8.24. The Kier molecular flexibility index (Phi) is 2.44. The Labute approximate surface area is 107 Å². The topological polar surface area (TPSA) is 41.6 Å². The summed E-state index contributed by atoms with van der Waals surface area (Å²) in [7, 11) is 0. The monoisotopic (exact) mass is 287 g/mol. The SMILES string of the molecule is Cc1cnccc1-c1cc2cc(Br)cnc2[nH]1. The van der Waals surface area contributed by atoms with Gasteiger partial charge in [0.05, 0.1) is 0 Å². The predicted octanol–water partition coefficient (Wildman–Crippen LogP) is 3.70. The van der Waals surface area contributed by atoms with Crippen LogP contribution in [0.25, 0.3) is 22.3 Å². The van der Waals surface area contributed by atoms with Crippen LogP contribution in [0, 0.1) is 6.92 Å². The lowest BCUT2D eigenvalue weighted by Gasteiger charge is -2.00. The highest BCUT2D eigenvalue weighted by Gasteiger charge is 2.06. The highest BCUT2D eigenvalue weighted by Crippen LogP contribution is 2.26. The zero-order chi connectivity index (χ0) is 11.8. The molecule has 84 valence electrons. The lowest BCUT2D eigenvalue weighted by atomic mass is 10.1. The molecule has 4 heteroatoms. The third kappa shape index (κ3) is 1.85. The quantitative estimate of drug-likeness (QED) is 0.742. The molecule has 17 heavy (non-hydrogen) atoms. The minimum Gasteiger partial charge on any atom is -0.339 e. The van der Waals surface area contributed by atoms with E-state index in [4.69, 9.17) is 0 Å². The van der Waals surface area contributed by atoms with E-state index in [0.717, 1.165) is 32.3 Å². The van der Waals surface area contributed by atoms with Gasteiger partial charge in [0.2, 0.25) is 0 Å². The summed E-state index contributed by atoms with van der Waals surface area (Å²) in [5.74, 6) is 0. The first-order valence-electron chi connectivity index (χ1n) is 5.29. The highest BCUT2D eigenvalue weighted by atomic mass is 79.9. The van der Waals surface area contributed by atoms with Gasteiger partial charge in [-0.15, -0.1) is 0 Å². The second-order valence-electron chi connectivity index (χ2n) is 3.96. The molecule has 0 amide bonds. The fraction of sp³-hybridized carbons (Fsp3) is 0.0769. The summed E-state index contributed by atoms with van der Waals surface area (Å²) in [6.07, 6.45) is 5.46. The smallest absolute Gasteiger partial charge is 0.137 e. The fourth-order valence-electron chi connectivity index (χ4n) is 1.91. The average molecular weight is 288 g/mol. The van der Waals surface area contributed by atoms with Crippen LogP contribution in [0.15, 0.2) is 41.3 Å². The predicted molar refractivity (Wildman–Crippen MR) is 71.8 cm³/mol. The summed E-state index contributed by atoms with van der Waals surface area (Å²) in [6, 6.07) is 6.17. The second kappa shape index (κ2) is 3.96. The number of hydrogen-bond donors (Lipinski definition) is 1. The summed E-state index contributed by atoms with van der Waals surface area (Å²) in [5, 5.41) is 1.10. The summed E-state index contributed by atoms with van der Waals surface area (Å²) in [5.41, 5.74) is 4.29. The number of rotatable bonds is 1. The summed E-state index contributed by atoms with van der Waals surface area (Å²) >= 11 is 3.43. The summed E-state index contributed by atoms with van der Waals surface area (Å²) in [4.78, 5) is 11.8. The van der Waals surface area contributed by atoms with Gasteiger partial charge in [0, 0.05) is 39.7 Å². The molecule has 1 N–H and O–H groups in total. The molecular formula is C13H10BrN3. The Morgan fingerprint density at radius 3 is 2.94 bits per heavy atom. The van der Waals surface area contributed by atoms with E-state index >= 15 is 0 Å². The van der Waals surface area contributed by atoms with Crippen LogP contribution in [0.2, 0.25) is 0 Å². The van der Waals surface area contributed by atoms with Crippen LogP contribution in [0.5, 0.6) is 0 Å². The van der Waals surface area contributed by atoms with E-state index in [1.165, 1.54) is 0 Å². The van der Waals surface area contributed by atoms with Gasteiger partial charge in [0.15, 0.2) is 0 Å². The van der Waals surface area contributed by atoms with Crippen molar-refractivity contribution in [2.24, 2.45) is 0 Å². The van der Waals surface area contributed by atoms with Gasteiger partial charge in [-0.2, -0.15) is 0 Å². The van der Waals surface area contributed by atoms with Crippen LogP contribution in [0.4, 0.5) is 0 Å². The number of fused-ring (bicyclic) bond motifs is 1. The van der Waals surface area contributed by atoms with Crippen molar-refractivity contribution in [3.8, 4) is 11.3 Å². The van der Waals surface area contributed by atoms with Crippen molar-refractivity contribution in [3.63, 3.8) is 0 Å². The number of nitrogens with zero attached hydrogens (tertiary/aromatic N) is 2. The molecule has 0 bridgehead atoms. The van der Waals surface area contributed by atoms with Crippen LogP contribution in [-0.2, 0) is 0 Å². The van der Waals surface area contributed by atoms with Gasteiger partial charge in [0.25, 0.3) is 0 Å². The molecule has 0 unspecified atom stereocenters. The molecule has 3 aromatic heterocycles. The standard InChI is InChI=1S/C13H10BrN3/c1-8-6-15-3-2-11(8)12-5-9-4-10(14)7-16-13(9)17-12/h2-7H,1H3,(H,16,17). The molecule has 0 atom stereocenters. The maximum atomic E-state index is 4.34. The van der Waals surface area contributed by atoms with E-state index in [0.29, 0.717) is 0 Å². The number of aromatic nitrogens is 3. The van der Waals surface area contributed by atoms with Gasteiger partial charge >= 0.3 is 0 Å². The molecule has 0 radical (unpaired) electrons. The maximum absolute atomic E-state index is 4.34. The van der Waals surface area contributed by atoms with Gasteiger partial charge in [-0.3, -0.25) is 4.98 Å². The number of aromatic amines is 1. The van der Waals surface area contributed by atoms with Crippen LogP contribution in [0.3, 0.4) is 0 Å². The molecule has 0 saturated heterocycles. The van der Waals surface area contributed by atoms with Gasteiger partial charge in [-0.25, -0.2) is 4.98 Å². The summed E-state index contributed by atoms with van der Waals surface area (Å²) in [6.45, 7) is 2.05. The van der Waals surface area contributed by atoms with Crippen molar-refractivity contribution < 1.29 is 0 Å². The number of pyridine rings is 2. The van der Waals surface area contributed by atoms with E-state index < -0.39 is 0 Å². The van der Waals surface area contributed by atoms with Crippen LogP contribution >= 0.6 is 15.9 Å². The molecule has 3 heterocycles. The largest absolute Gasteiger partial charge is 0.339 e. The maximum Gasteiger partial charge on any atom is 0.137 e. The van der Waals surface area contributed by atoms with Gasteiger partial charge < -0.3 is 4.98 Å². The molecule has 0 aliphatic rings. The number of nitrogens with one attached hydrogen (secondary N) is 1. The second-order valence-corrected chi connectivity index (χ2v) is 4.88. The zero-order valence-corrected chi connectivity index (χ0v) is 10.8. The molecular weight excluding hydrogens is 278 g/mol. The van der Waals surface area contributed by atoms with Crippen LogP contribution in [0.1, 0.15) is 5.56 Å². The molecule has 3 nitrogen and oxygen atoms in total. The van der Waals surface area contributed by atoms with Crippen LogP contribution < -0.4 is 0 Å². The minimum absolute atomic E-state index is 0.902. The molecule has 0 spiro atoms. The molecule has 3 aromatic rings. The van der Waals surface area contributed by atoms with E-state index in [1.54, 1.807) is 12.4 Å². The Bertz CT molecular complexity index is 688. The molecule has 3 rings (SSSR count). The van der Waals surface area contributed by atoms with Crippen molar-refractivity contribution >= 4 is 27.0 Å². The first-order valence-corrected chi connectivity index (χ1v) is 6.08. The minimum atomic E-state index is 0.902. The lowest BCUT2D eigenvalue weighted by molar-refractivity contribution is 1.25. The summed E-state index contributed by atoms with van der Waals surface area (Å²) < 4.78 is 0.988. The third-order valence-corrected chi connectivity index (χ3v) is 3.18. The molecule has 0 aliphatic carbocycles. The molecule has 0 fully saturated rings. The number of aryl methyl sites for hydroxylation is 1. The van der Waals surface area contributed by atoms with E-state index in [1.807, 2.05) is 12.3 Å². The Hall–Kier alpha value is -1.68. The van der Waals surface area contributed by atoms with Gasteiger partial charge in [-0.05, 0) is 46.6 Å². The average Bonchev–Trinajstić information content (AvgIpc) is 2.72. The first kappa shape index (κ1) is 10.5. The van der Waals surface area contributed by atoms with E-state index in [9.17, 15) is 0 Å². The van der Waals surface area contributed by atoms with Crippen molar-refractivity contribution in [1.29, 1.82) is 0 Å². The lowest BCUT2D eigenvalue weighted by Crippen LogP contribution is -1.84. The molecule has 0 aromatic carbocycles. The van der Waals surface area contributed by atoms with Gasteiger partial charge in [-0.1, -0.05) is 0 Å². The van der Waals surface area contributed by atoms with Gasteiger partial charge in [0.1, 0.15) is 5.65 Å². The van der Waals surface area contributed by atoms with E-state index in [-0.39, 0.29) is 0 Å². The van der Waals surface area contributed by atoms with Crippen molar-refractivity contribution in [1.82, 2.24) is 15.0 Å². The van der Waals surface area contributed by atoms with Crippen molar-refractivity contribution in [3.05, 3.63) is 46.8 Å².